The maximum absolute atomic E-state index is 10.2. The molecule has 0 saturated carbocycles. The van der Waals surface area contributed by atoms with Crippen LogP contribution in [0.2, 0.25) is 0 Å². The maximum atomic E-state index is 10.2. The van der Waals surface area contributed by atoms with E-state index in [0.717, 1.165) is 24.5 Å². The van der Waals surface area contributed by atoms with Crippen LogP contribution in [0.15, 0.2) is 11.6 Å². The van der Waals surface area contributed by atoms with E-state index in [1.807, 2.05) is 0 Å². The zero-order valence-electron chi connectivity index (χ0n) is 9.46. The molecule has 1 aliphatic carbocycles. The Morgan fingerprint density at radius 2 is 2.36 bits per heavy atom. The molecule has 1 atom stereocenters. The third-order valence-corrected chi connectivity index (χ3v) is 3.00. The largest absolute Gasteiger partial charge is 0.303 e. The summed E-state index contributed by atoms with van der Waals surface area (Å²) in [6.07, 6.45) is 10.3. The van der Waals surface area contributed by atoms with Gasteiger partial charge >= 0.3 is 0 Å². The van der Waals surface area contributed by atoms with E-state index in [-0.39, 0.29) is 0 Å². The molecule has 0 aromatic rings. The molecule has 0 spiro atoms. The van der Waals surface area contributed by atoms with Crippen LogP contribution in [0.5, 0.6) is 0 Å². The van der Waals surface area contributed by atoms with Crippen LogP contribution in [0.1, 0.15) is 52.4 Å². The fourth-order valence-electron chi connectivity index (χ4n) is 2.29. The lowest BCUT2D eigenvalue weighted by Gasteiger charge is -2.23. The van der Waals surface area contributed by atoms with E-state index in [1.54, 1.807) is 0 Å². The molecule has 0 aromatic heterocycles. The quantitative estimate of drug-likeness (QED) is 0.481. The summed E-state index contributed by atoms with van der Waals surface area (Å²) in [5.41, 5.74) is 1.51. The van der Waals surface area contributed by atoms with Crippen molar-refractivity contribution in [2.24, 2.45) is 11.8 Å². The van der Waals surface area contributed by atoms with Gasteiger partial charge in [0.25, 0.3) is 0 Å². The lowest BCUT2D eigenvalue weighted by molar-refractivity contribution is -0.107. The summed E-state index contributed by atoms with van der Waals surface area (Å²) in [5, 5.41) is 0. The number of hydrogen-bond acceptors (Lipinski definition) is 1. The number of aldehydes is 1. The summed E-state index contributed by atoms with van der Waals surface area (Å²) >= 11 is 0. The molecular weight excluding hydrogens is 172 g/mol. The van der Waals surface area contributed by atoms with Crippen molar-refractivity contribution in [2.75, 3.05) is 0 Å². The Balaban J connectivity index is 2.27. The van der Waals surface area contributed by atoms with Gasteiger partial charge in [0.2, 0.25) is 0 Å². The highest BCUT2D eigenvalue weighted by atomic mass is 16.1. The van der Waals surface area contributed by atoms with Crippen molar-refractivity contribution in [1.29, 1.82) is 0 Å². The van der Waals surface area contributed by atoms with Gasteiger partial charge in [0.1, 0.15) is 6.29 Å². The summed E-state index contributed by atoms with van der Waals surface area (Å²) in [5.74, 6) is 1.72. The number of hydrogen-bond donors (Lipinski definition) is 0. The Labute approximate surface area is 87.6 Å². The van der Waals surface area contributed by atoms with Crippen LogP contribution in [0.3, 0.4) is 0 Å². The minimum atomic E-state index is 0.709. The summed E-state index contributed by atoms with van der Waals surface area (Å²) in [7, 11) is 0. The summed E-state index contributed by atoms with van der Waals surface area (Å²) in [6.45, 7) is 4.59. The first-order valence-corrected chi connectivity index (χ1v) is 5.84. The van der Waals surface area contributed by atoms with Crippen molar-refractivity contribution in [3.63, 3.8) is 0 Å². The van der Waals surface area contributed by atoms with E-state index in [4.69, 9.17) is 0 Å². The van der Waals surface area contributed by atoms with E-state index in [1.165, 1.54) is 31.3 Å². The van der Waals surface area contributed by atoms with Crippen molar-refractivity contribution < 1.29 is 4.79 Å². The Hall–Kier alpha value is -0.590. The van der Waals surface area contributed by atoms with E-state index in [9.17, 15) is 4.79 Å². The fraction of sp³-hybridized carbons (Fsp3) is 0.769. The van der Waals surface area contributed by atoms with Crippen LogP contribution >= 0.6 is 0 Å². The number of carbonyl (C=O) groups is 1. The average molecular weight is 194 g/mol. The summed E-state index contributed by atoms with van der Waals surface area (Å²) in [6, 6.07) is 0. The van der Waals surface area contributed by atoms with Crippen LogP contribution in [0.25, 0.3) is 0 Å². The van der Waals surface area contributed by atoms with Gasteiger partial charge in [0.15, 0.2) is 0 Å². The average Bonchev–Trinajstić information content (AvgIpc) is 2.16. The fourth-order valence-corrected chi connectivity index (χ4v) is 2.29. The molecule has 0 N–H and O–H groups in total. The van der Waals surface area contributed by atoms with Crippen LogP contribution < -0.4 is 0 Å². The van der Waals surface area contributed by atoms with Gasteiger partial charge in [0, 0.05) is 6.42 Å². The molecule has 80 valence electrons. The van der Waals surface area contributed by atoms with Gasteiger partial charge in [-0.1, -0.05) is 25.5 Å². The molecular formula is C13H22O. The van der Waals surface area contributed by atoms with Gasteiger partial charge in [-0.05, 0) is 43.9 Å². The standard InChI is InChI=1S/C13H22O/c1-11(2)10-13-7-5-12(6-8-13)4-3-9-14/h5,9,11,13H,3-4,6-8,10H2,1-2H3. The molecule has 1 rings (SSSR count). The molecule has 0 bridgehead atoms. The Bertz CT molecular complexity index is 203. The first-order valence-electron chi connectivity index (χ1n) is 5.84. The molecule has 0 aliphatic heterocycles. The molecule has 0 amide bonds. The van der Waals surface area contributed by atoms with Gasteiger partial charge in [-0.15, -0.1) is 0 Å². The zero-order chi connectivity index (χ0) is 10.4. The van der Waals surface area contributed by atoms with Crippen molar-refractivity contribution in [3.8, 4) is 0 Å². The number of carbonyl (C=O) groups excluding carboxylic acids is 1. The van der Waals surface area contributed by atoms with E-state index in [0.29, 0.717) is 6.42 Å². The van der Waals surface area contributed by atoms with Crippen LogP contribution in [-0.2, 0) is 4.79 Å². The maximum Gasteiger partial charge on any atom is 0.120 e. The molecule has 0 fully saturated rings. The lowest BCUT2D eigenvalue weighted by Crippen LogP contribution is -2.08. The molecule has 0 saturated heterocycles. The van der Waals surface area contributed by atoms with Gasteiger partial charge in [-0.3, -0.25) is 0 Å². The van der Waals surface area contributed by atoms with Crippen LogP contribution in [-0.4, -0.2) is 6.29 Å². The highest BCUT2D eigenvalue weighted by molar-refractivity contribution is 5.49. The monoisotopic (exact) mass is 194 g/mol. The Morgan fingerprint density at radius 3 is 2.86 bits per heavy atom. The molecule has 0 radical (unpaired) electrons. The third kappa shape index (κ3) is 4.08. The van der Waals surface area contributed by atoms with Crippen molar-refractivity contribution >= 4 is 6.29 Å². The predicted molar refractivity (Wildman–Crippen MR) is 60.2 cm³/mol. The number of rotatable bonds is 5. The van der Waals surface area contributed by atoms with Gasteiger partial charge in [-0.25, -0.2) is 0 Å². The molecule has 1 nitrogen and oxygen atoms in total. The molecule has 0 heterocycles. The molecule has 1 aliphatic rings. The Morgan fingerprint density at radius 1 is 1.57 bits per heavy atom. The first kappa shape index (κ1) is 11.5. The predicted octanol–water partition coefficient (Wildman–Crippen LogP) is 3.74. The van der Waals surface area contributed by atoms with E-state index >= 15 is 0 Å². The Kier molecular flexibility index (Phi) is 4.92. The second-order valence-electron chi connectivity index (χ2n) is 4.84. The minimum Gasteiger partial charge on any atom is -0.303 e. The second kappa shape index (κ2) is 6.00. The molecule has 0 aromatic carbocycles. The minimum absolute atomic E-state index is 0.709. The second-order valence-corrected chi connectivity index (χ2v) is 4.84. The highest BCUT2D eigenvalue weighted by Crippen LogP contribution is 2.29. The van der Waals surface area contributed by atoms with Gasteiger partial charge < -0.3 is 4.79 Å². The van der Waals surface area contributed by atoms with E-state index in [2.05, 4.69) is 19.9 Å². The molecule has 1 unspecified atom stereocenters. The summed E-state index contributed by atoms with van der Waals surface area (Å²) in [4.78, 5) is 10.2. The van der Waals surface area contributed by atoms with Gasteiger partial charge in [0.05, 0.1) is 0 Å². The van der Waals surface area contributed by atoms with Crippen molar-refractivity contribution in [1.82, 2.24) is 0 Å². The third-order valence-electron chi connectivity index (χ3n) is 3.00. The van der Waals surface area contributed by atoms with Gasteiger partial charge in [-0.2, -0.15) is 0 Å². The SMILES string of the molecule is CC(C)CC1CC=C(CCC=O)CC1. The van der Waals surface area contributed by atoms with Crippen molar-refractivity contribution in [3.05, 3.63) is 11.6 Å². The first-order chi connectivity index (χ1) is 6.72. The van der Waals surface area contributed by atoms with Crippen LogP contribution in [0, 0.1) is 11.8 Å². The highest BCUT2D eigenvalue weighted by Gasteiger charge is 2.14. The summed E-state index contributed by atoms with van der Waals surface area (Å²) < 4.78 is 0. The topological polar surface area (TPSA) is 17.1 Å². The van der Waals surface area contributed by atoms with Crippen LogP contribution in [0.4, 0.5) is 0 Å². The van der Waals surface area contributed by atoms with Crippen molar-refractivity contribution in [2.45, 2.75) is 52.4 Å². The number of allylic oxidation sites excluding steroid dienone is 2. The van der Waals surface area contributed by atoms with E-state index < -0.39 is 0 Å². The molecule has 14 heavy (non-hydrogen) atoms. The lowest BCUT2D eigenvalue weighted by atomic mass is 9.83. The molecule has 1 heteroatoms. The zero-order valence-corrected chi connectivity index (χ0v) is 9.46. The normalized spacial score (nSPS) is 22.2. The smallest absolute Gasteiger partial charge is 0.120 e.